The van der Waals surface area contributed by atoms with Crippen molar-refractivity contribution >= 4 is 27.8 Å². The molecule has 0 unspecified atom stereocenters. The van der Waals surface area contributed by atoms with Crippen molar-refractivity contribution in [3.63, 3.8) is 0 Å². The highest BCUT2D eigenvalue weighted by atomic mass is 16.5. The minimum Gasteiger partial charge on any atom is -0.457 e. The highest BCUT2D eigenvalue weighted by molar-refractivity contribution is 6.09. The van der Waals surface area contributed by atoms with Gasteiger partial charge in [0.1, 0.15) is 11.5 Å². The van der Waals surface area contributed by atoms with E-state index < -0.39 is 5.41 Å². The van der Waals surface area contributed by atoms with E-state index in [0.29, 0.717) is 0 Å². The quantitative estimate of drug-likeness (QED) is 0.177. The molecule has 2 heteroatoms. The summed E-state index contributed by atoms with van der Waals surface area (Å²) in [4.78, 5) is 2.45. The van der Waals surface area contributed by atoms with Gasteiger partial charge in [0.15, 0.2) is 0 Å². The number of para-hydroxylation sites is 2. The van der Waals surface area contributed by atoms with Gasteiger partial charge in [-0.1, -0.05) is 170 Å². The third-order valence-corrected chi connectivity index (χ3v) is 11.5. The molecule has 0 N–H and O–H groups in total. The topological polar surface area (TPSA) is 12.5 Å². The van der Waals surface area contributed by atoms with Gasteiger partial charge in [0.25, 0.3) is 0 Å². The minimum atomic E-state index is -0.587. The molecule has 0 fully saturated rings. The minimum absolute atomic E-state index is 0.587. The van der Waals surface area contributed by atoms with Crippen molar-refractivity contribution in [2.45, 2.75) is 5.41 Å². The van der Waals surface area contributed by atoms with Crippen LogP contribution in [-0.2, 0) is 5.41 Å². The predicted molar refractivity (Wildman–Crippen MR) is 227 cm³/mol. The first-order chi connectivity index (χ1) is 27.3. The number of anilines is 3. The third-order valence-electron chi connectivity index (χ3n) is 11.5. The summed E-state index contributed by atoms with van der Waals surface area (Å²) in [7, 11) is 0. The third kappa shape index (κ3) is 4.75. The van der Waals surface area contributed by atoms with Crippen LogP contribution in [0.15, 0.2) is 212 Å². The summed E-state index contributed by atoms with van der Waals surface area (Å²) in [5.74, 6) is 1.78. The molecule has 0 atom stereocenters. The number of hydrogen-bond acceptors (Lipinski definition) is 2. The van der Waals surface area contributed by atoms with Crippen molar-refractivity contribution in [2.75, 3.05) is 4.90 Å². The first-order valence-electron chi connectivity index (χ1n) is 18.9. The van der Waals surface area contributed by atoms with Crippen LogP contribution in [0, 0.1) is 0 Å². The van der Waals surface area contributed by atoms with Gasteiger partial charge in [0, 0.05) is 28.1 Å². The average Bonchev–Trinajstić information content (AvgIpc) is 3.56. The van der Waals surface area contributed by atoms with E-state index in [1.807, 2.05) is 0 Å². The Morgan fingerprint density at radius 1 is 0.327 bits per heavy atom. The van der Waals surface area contributed by atoms with E-state index in [9.17, 15) is 0 Å². The van der Waals surface area contributed by atoms with Crippen LogP contribution in [0.25, 0.3) is 44.2 Å². The zero-order valence-electron chi connectivity index (χ0n) is 30.1. The van der Waals surface area contributed by atoms with Crippen LogP contribution < -0.4 is 9.64 Å². The van der Waals surface area contributed by atoms with Gasteiger partial charge in [-0.3, -0.25) is 0 Å². The smallest absolute Gasteiger partial charge is 0.132 e. The highest BCUT2D eigenvalue weighted by Crippen LogP contribution is 2.65. The average molecular weight is 702 g/mol. The molecule has 1 aliphatic carbocycles. The molecule has 2 nitrogen and oxygen atoms in total. The van der Waals surface area contributed by atoms with Gasteiger partial charge in [-0.05, 0) is 92.2 Å². The highest BCUT2D eigenvalue weighted by Gasteiger charge is 2.52. The van der Waals surface area contributed by atoms with Crippen molar-refractivity contribution in [3.8, 4) is 44.9 Å². The standard InChI is InChI=1S/C53H35NO/c1-3-14-36(15-4-1)38-26-31-41(32-27-38)54(42-33-28-39(29-34-42)37-16-5-2-6-17-37)48-23-13-22-46-52(48)51-43-19-8-7-18-40(43)30-35-47(51)53(46)44-20-9-11-24-49(44)55-50-25-12-10-21-45(50)53/h1-35H. The molecule has 0 bridgehead atoms. The lowest BCUT2D eigenvalue weighted by Crippen LogP contribution is -2.32. The summed E-state index contributed by atoms with van der Waals surface area (Å²) in [6.07, 6.45) is 0. The number of fused-ring (bicyclic) bond motifs is 11. The van der Waals surface area contributed by atoms with Crippen molar-refractivity contribution < 1.29 is 4.74 Å². The molecule has 1 aliphatic heterocycles. The largest absolute Gasteiger partial charge is 0.457 e. The molecule has 1 heterocycles. The Morgan fingerprint density at radius 2 is 0.800 bits per heavy atom. The van der Waals surface area contributed by atoms with E-state index in [2.05, 4.69) is 217 Å². The molecule has 0 amide bonds. The van der Waals surface area contributed by atoms with Gasteiger partial charge >= 0.3 is 0 Å². The van der Waals surface area contributed by atoms with Crippen LogP contribution in [-0.4, -0.2) is 0 Å². The van der Waals surface area contributed by atoms with Crippen molar-refractivity contribution in [1.29, 1.82) is 0 Å². The number of ether oxygens (including phenoxy) is 1. The van der Waals surface area contributed by atoms with E-state index in [0.717, 1.165) is 39.7 Å². The maximum absolute atomic E-state index is 6.68. The van der Waals surface area contributed by atoms with Crippen LogP contribution in [0.1, 0.15) is 22.3 Å². The Balaban J connectivity index is 1.21. The number of hydrogen-bond donors (Lipinski definition) is 0. The molecule has 0 radical (unpaired) electrons. The first-order valence-corrected chi connectivity index (χ1v) is 18.9. The molecule has 9 aromatic rings. The molecule has 0 saturated carbocycles. The summed E-state index contributed by atoms with van der Waals surface area (Å²) in [5, 5.41) is 2.46. The van der Waals surface area contributed by atoms with Crippen LogP contribution >= 0.6 is 0 Å². The van der Waals surface area contributed by atoms with Crippen LogP contribution in [0.5, 0.6) is 11.5 Å². The maximum atomic E-state index is 6.68. The summed E-state index contributed by atoms with van der Waals surface area (Å²) in [6, 6.07) is 76.8. The van der Waals surface area contributed by atoms with Crippen LogP contribution in [0.4, 0.5) is 17.1 Å². The van der Waals surface area contributed by atoms with Crippen molar-refractivity contribution in [2.24, 2.45) is 0 Å². The van der Waals surface area contributed by atoms with E-state index in [-0.39, 0.29) is 0 Å². The van der Waals surface area contributed by atoms with Gasteiger partial charge in [-0.2, -0.15) is 0 Å². The van der Waals surface area contributed by atoms with E-state index in [1.165, 1.54) is 55.3 Å². The van der Waals surface area contributed by atoms with E-state index in [4.69, 9.17) is 4.74 Å². The van der Waals surface area contributed by atoms with Gasteiger partial charge in [0.2, 0.25) is 0 Å². The molecule has 2 aliphatic rings. The zero-order valence-corrected chi connectivity index (χ0v) is 30.1. The second-order valence-electron chi connectivity index (χ2n) is 14.4. The van der Waals surface area contributed by atoms with Crippen molar-refractivity contribution in [1.82, 2.24) is 0 Å². The molecule has 9 aromatic carbocycles. The van der Waals surface area contributed by atoms with Crippen LogP contribution in [0.3, 0.4) is 0 Å². The first kappa shape index (κ1) is 31.4. The fraction of sp³-hybridized carbons (Fsp3) is 0.0189. The van der Waals surface area contributed by atoms with E-state index in [1.54, 1.807) is 0 Å². The molecule has 11 rings (SSSR count). The normalized spacial score (nSPS) is 13.0. The molecule has 258 valence electrons. The van der Waals surface area contributed by atoms with E-state index >= 15 is 0 Å². The SMILES string of the molecule is c1ccc(-c2ccc(N(c3ccc(-c4ccccc4)cc3)c3cccc4c3-c3c(ccc5ccccc35)C43c4ccccc4Oc4ccccc43)cc2)cc1. The monoisotopic (exact) mass is 701 g/mol. The molecular formula is C53H35NO. The summed E-state index contributed by atoms with van der Waals surface area (Å²) >= 11 is 0. The summed E-state index contributed by atoms with van der Waals surface area (Å²) in [6.45, 7) is 0. The molecular weight excluding hydrogens is 667 g/mol. The van der Waals surface area contributed by atoms with Crippen molar-refractivity contribution in [3.05, 3.63) is 235 Å². The molecule has 0 saturated heterocycles. The second kappa shape index (κ2) is 12.5. The number of benzene rings is 9. The lowest BCUT2D eigenvalue weighted by Gasteiger charge is -2.39. The lowest BCUT2D eigenvalue weighted by atomic mass is 9.66. The van der Waals surface area contributed by atoms with Gasteiger partial charge < -0.3 is 9.64 Å². The van der Waals surface area contributed by atoms with Gasteiger partial charge in [0.05, 0.1) is 11.1 Å². The predicted octanol–water partition coefficient (Wildman–Crippen LogP) is 14.1. The Kier molecular flexibility index (Phi) is 7.11. The molecule has 55 heavy (non-hydrogen) atoms. The Hall–Kier alpha value is -7.16. The second-order valence-corrected chi connectivity index (χ2v) is 14.4. The Bertz CT molecular complexity index is 2750. The fourth-order valence-electron chi connectivity index (χ4n) is 9.17. The zero-order chi connectivity index (χ0) is 36.3. The van der Waals surface area contributed by atoms with Gasteiger partial charge in [-0.15, -0.1) is 0 Å². The van der Waals surface area contributed by atoms with Gasteiger partial charge in [-0.25, -0.2) is 0 Å². The van der Waals surface area contributed by atoms with Crippen LogP contribution in [0.2, 0.25) is 0 Å². The Labute approximate surface area is 321 Å². The lowest BCUT2D eigenvalue weighted by molar-refractivity contribution is 0.436. The summed E-state index contributed by atoms with van der Waals surface area (Å²) < 4.78 is 6.68. The molecule has 0 aromatic heterocycles. The summed E-state index contributed by atoms with van der Waals surface area (Å²) in [5.41, 5.74) is 14.9. The molecule has 1 spiro atoms. The number of rotatable bonds is 5. The number of nitrogens with zero attached hydrogens (tertiary/aromatic N) is 1. The Morgan fingerprint density at radius 3 is 1.40 bits per heavy atom. The fourth-order valence-corrected chi connectivity index (χ4v) is 9.17. The maximum Gasteiger partial charge on any atom is 0.132 e.